The summed E-state index contributed by atoms with van der Waals surface area (Å²) in [6, 6.07) is 0. The number of epoxide rings is 1. The van der Waals surface area contributed by atoms with Crippen molar-refractivity contribution >= 4 is 10.1 Å². The molecule has 0 N–H and O–H groups in total. The van der Waals surface area contributed by atoms with Crippen LogP contribution in [-0.2, 0) is 19.6 Å². The molecule has 108 valence electrons. The summed E-state index contributed by atoms with van der Waals surface area (Å²) in [5.74, 6) is -4.91. The molecule has 1 saturated heterocycles. The van der Waals surface area contributed by atoms with Crippen molar-refractivity contribution < 1.29 is 40.0 Å². The van der Waals surface area contributed by atoms with E-state index in [1.807, 2.05) is 0 Å². The first-order valence-electron chi connectivity index (χ1n) is 4.98. The molecule has 18 heavy (non-hydrogen) atoms. The van der Waals surface area contributed by atoms with Gasteiger partial charge >= 0.3 is 11.2 Å². The minimum absolute atomic E-state index is 0.0889. The summed E-state index contributed by atoms with van der Waals surface area (Å²) in [5.41, 5.74) is 0. The lowest BCUT2D eigenvalue weighted by Crippen LogP contribution is -2.46. The molecule has 0 saturated carbocycles. The summed E-state index contributed by atoms with van der Waals surface area (Å²) in [4.78, 5) is 0. The van der Waals surface area contributed by atoms with Crippen LogP contribution in [0.4, 0.5) is 17.6 Å². The van der Waals surface area contributed by atoms with E-state index in [1.165, 1.54) is 0 Å². The Balaban J connectivity index is 2.37. The molecule has 0 radical (unpaired) electrons. The number of alkyl halides is 4. The van der Waals surface area contributed by atoms with Gasteiger partial charge in [0, 0.05) is 13.0 Å². The second-order valence-corrected chi connectivity index (χ2v) is 5.23. The molecular formula is C8H11F4O5S-. The Kier molecular flexibility index (Phi) is 4.57. The van der Waals surface area contributed by atoms with Crippen molar-refractivity contribution in [2.75, 3.05) is 19.8 Å². The molecule has 0 aromatic heterocycles. The molecule has 0 aromatic rings. The van der Waals surface area contributed by atoms with Gasteiger partial charge < -0.3 is 14.0 Å². The summed E-state index contributed by atoms with van der Waals surface area (Å²) >= 11 is 0. The average molecular weight is 295 g/mol. The third-order valence-electron chi connectivity index (χ3n) is 2.23. The molecular weight excluding hydrogens is 284 g/mol. The van der Waals surface area contributed by atoms with E-state index >= 15 is 0 Å². The molecule has 1 heterocycles. The largest absolute Gasteiger partial charge is 0.743 e. The van der Waals surface area contributed by atoms with E-state index in [0.29, 0.717) is 6.61 Å². The minimum Gasteiger partial charge on any atom is -0.743 e. The molecule has 5 nitrogen and oxygen atoms in total. The van der Waals surface area contributed by atoms with E-state index in [4.69, 9.17) is 9.47 Å². The molecule has 0 aromatic carbocycles. The van der Waals surface area contributed by atoms with E-state index in [2.05, 4.69) is 0 Å². The quantitative estimate of drug-likeness (QED) is 0.288. The normalized spacial score (nSPS) is 21.1. The maximum Gasteiger partial charge on any atom is 0.396 e. The zero-order valence-electron chi connectivity index (χ0n) is 9.07. The topological polar surface area (TPSA) is 79.0 Å². The highest BCUT2D eigenvalue weighted by molar-refractivity contribution is 7.86. The maximum absolute atomic E-state index is 12.9. The van der Waals surface area contributed by atoms with Gasteiger partial charge in [-0.2, -0.15) is 17.6 Å². The number of ether oxygens (including phenoxy) is 2. The third kappa shape index (κ3) is 3.77. The van der Waals surface area contributed by atoms with Crippen molar-refractivity contribution in [1.29, 1.82) is 0 Å². The Labute approximate surface area is 101 Å². The van der Waals surface area contributed by atoms with Crippen molar-refractivity contribution in [2.24, 2.45) is 0 Å². The Hall–Kier alpha value is -0.450. The van der Waals surface area contributed by atoms with Crippen LogP contribution in [0, 0.1) is 0 Å². The lowest BCUT2D eigenvalue weighted by Gasteiger charge is -2.28. The molecule has 1 aliphatic rings. The smallest absolute Gasteiger partial charge is 0.396 e. The fourth-order valence-electron chi connectivity index (χ4n) is 1.10. The van der Waals surface area contributed by atoms with E-state index in [9.17, 15) is 30.5 Å². The van der Waals surface area contributed by atoms with Crippen LogP contribution in [0.2, 0.25) is 0 Å². The van der Waals surface area contributed by atoms with Crippen LogP contribution in [0.15, 0.2) is 0 Å². The summed E-state index contributed by atoms with van der Waals surface area (Å²) in [5, 5.41) is -5.61. The number of rotatable bonds is 8. The highest BCUT2D eigenvalue weighted by Gasteiger charge is 2.60. The van der Waals surface area contributed by atoms with Crippen LogP contribution in [0.3, 0.4) is 0 Å². The fraction of sp³-hybridized carbons (Fsp3) is 1.00. The monoisotopic (exact) mass is 295 g/mol. The van der Waals surface area contributed by atoms with Crippen LogP contribution in [0.1, 0.15) is 12.8 Å². The van der Waals surface area contributed by atoms with Crippen LogP contribution in [0.25, 0.3) is 0 Å². The Morgan fingerprint density at radius 1 is 1.33 bits per heavy atom. The van der Waals surface area contributed by atoms with Gasteiger partial charge in [0.05, 0.1) is 13.2 Å². The van der Waals surface area contributed by atoms with Crippen LogP contribution in [0.5, 0.6) is 0 Å². The molecule has 1 atom stereocenters. The van der Waals surface area contributed by atoms with E-state index in [0.717, 1.165) is 0 Å². The van der Waals surface area contributed by atoms with Gasteiger partial charge in [0.2, 0.25) is 0 Å². The van der Waals surface area contributed by atoms with Gasteiger partial charge in [-0.05, 0) is 6.42 Å². The molecule has 0 amide bonds. The fourth-order valence-corrected chi connectivity index (χ4v) is 1.57. The van der Waals surface area contributed by atoms with Crippen LogP contribution in [-0.4, -0.2) is 50.1 Å². The molecule has 1 aliphatic heterocycles. The zero-order valence-corrected chi connectivity index (χ0v) is 9.89. The van der Waals surface area contributed by atoms with Crippen LogP contribution >= 0.6 is 0 Å². The molecule has 0 bridgehead atoms. The lowest BCUT2D eigenvalue weighted by atomic mass is 10.2. The van der Waals surface area contributed by atoms with E-state index in [1.54, 1.807) is 0 Å². The molecule has 10 heteroatoms. The third-order valence-corrected chi connectivity index (χ3v) is 3.15. The Morgan fingerprint density at radius 2 is 1.89 bits per heavy atom. The van der Waals surface area contributed by atoms with Gasteiger partial charge in [0.1, 0.15) is 6.10 Å². The lowest BCUT2D eigenvalue weighted by molar-refractivity contribution is -0.166. The molecule has 1 rings (SSSR count). The summed E-state index contributed by atoms with van der Waals surface area (Å²) in [7, 11) is -6.40. The van der Waals surface area contributed by atoms with Gasteiger partial charge in [-0.1, -0.05) is 0 Å². The van der Waals surface area contributed by atoms with Crippen LogP contribution < -0.4 is 0 Å². The number of halogens is 4. The first-order chi connectivity index (χ1) is 8.08. The highest BCUT2D eigenvalue weighted by Crippen LogP contribution is 2.41. The van der Waals surface area contributed by atoms with Crippen molar-refractivity contribution in [2.45, 2.75) is 30.1 Å². The van der Waals surface area contributed by atoms with Gasteiger partial charge in [0.25, 0.3) is 0 Å². The first kappa shape index (κ1) is 15.6. The van der Waals surface area contributed by atoms with E-state index < -0.39 is 34.1 Å². The van der Waals surface area contributed by atoms with Crippen molar-refractivity contribution in [1.82, 2.24) is 0 Å². The van der Waals surface area contributed by atoms with Gasteiger partial charge in [-0.3, -0.25) is 0 Å². The summed E-state index contributed by atoms with van der Waals surface area (Å²) < 4.78 is 90.8. The predicted octanol–water partition coefficient (Wildman–Crippen LogP) is 0.955. The minimum atomic E-state index is -6.40. The van der Waals surface area contributed by atoms with Crippen molar-refractivity contribution in [3.8, 4) is 0 Å². The Morgan fingerprint density at radius 3 is 2.33 bits per heavy atom. The predicted molar refractivity (Wildman–Crippen MR) is 49.4 cm³/mol. The number of hydrogen-bond acceptors (Lipinski definition) is 5. The second kappa shape index (κ2) is 5.27. The summed E-state index contributed by atoms with van der Waals surface area (Å²) in [6.45, 7) is 0.426. The molecule has 0 spiro atoms. The zero-order chi connectivity index (χ0) is 14.0. The molecule has 0 aliphatic carbocycles. The van der Waals surface area contributed by atoms with Gasteiger partial charge in [0.15, 0.2) is 10.1 Å². The molecule has 1 fully saturated rings. The second-order valence-electron chi connectivity index (χ2n) is 3.81. The SMILES string of the molecule is O=S(=O)([O-])C(F)(F)C(F)(F)CCCOCC1CO1. The molecule has 1 unspecified atom stereocenters. The van der Waals surface area contributed by atoms with Crippen molar-refractivity contribution in [3.63, 3.8) is 0 Å². The maximum atomic E-state index is 12.9. The average Bonchev–Trinajstić information content (AvgIpc) is 2.98. The number of hydrogen-bond donors (Lipinski definition) is 0. The standard InChI is InChI=1S/C8H12F4O5S/c9-7(10,8(11,12)18(13,14)15)2-1-3-16-4-6-5-17-6/h6H,1-5H2,(H,13,14,15)/p-1. The highest BCUT2D eigenvalue weighted by atomic mass is 32.2. The van der Waals surface area contributed by atoms with Gasteiger partial charge in [-0.15, -0.1) is 0 Å². The van der Waals surface area contributed by atoms with E-state index in [-0.39, 0.29) is 19.3 Å². The summed E-state index contributed by atoms with van der Waals surface area (Å²) in [6.07, 6.45) is -2.04. The Bertz CT molecular complexity index is 379. The van der Waals surface area contributed by atoms with Gasteiger partial charge in [-0.25, -0.2) is 8.42 Å². The van der Waals surface area contributed by atoms with Crippen molar-refractivity contribution in [3.05, 3.63) is 0 Å². The first-order valence-corrected chi connectivity index (χ1v) is 6.39.